The number of carbonyl (C=O) groups excluding carboxylic acids is 1. The minimum Gasteiger partial charge on any atom is -0.493 e. The van der Waals surface area contributed by atoms with Crippen molar-refractivity contribution in [3.63, 3.8) is 0 Å². The highest BCUT2D eigenvalue weighted by Gasteiger charge is 2.31. The van der Waals surface area contributed by atoms with Crippen molar-refractivity contribution in [1.29, 1.82) is 0 Å². The van der Waals surface area contributed by atoms with Gasteiger partial charge in [-0.05, 0) is 34.9 Å². The summed E-state index contributed by atoms with van der Waals surface area (Å²) in [4.78, 5) is 15.1. The third kappa shape index (κ3) is 4.01. The number of hydrogen-bond donors (Lipinski definition) is 1. The molecule has 0 fully saturated rings. The second-order valence-electron chi connectivity index (χ2n) is 8.06. The lowest BCUT2D eigenvalue weighted by Gasteiger charge is -2.16. The molecule has 0 unspecified atom stereocenters. The molecule has 0 saturated carbocycles. The summed E-state index contributed by atoms with van der Waals surface area (Å²) in [5.74, 6) is 1.49. The number of nitrogen functional groups attached to an aromatic ring is 1. The molecule has 0 radical (unpaired) electrons. The normalized spacial score (nSPS) is 12.7. The average molecular weight is 441 g/mol. The molecule has 1 aliphatic heterocycles. The standard InChI is InChI=1S/C26H24N4O3/c1-29-15-20(13-28-29)18-8-6-17(7-9-18)14-30-16-19-4-3-5-23(25(19)26(30)31)33-22-11-10-21(27)12-24(22)32-2/h3-13,15H,14,16,27H2,1-2H3. The van der Waals surface area contributed by atoms with E-state index in [4.69, 9.17) is 15.2 Å². The Hall–Kier alpha value is -4.26. The van der Waals surface area contributed by atoms with Gasteiger partial charge < -0.3 is 20.1 Å². The topological polar surface area (TPSA) is 82.6 Å². The largest absolute Gasteiger partial charge is 0.493 e. The molecule has 3 aromatic carbocycles. The van der Waals surface area contributed by atoms with Crippen LogP contribution in [0.4, 0.5) is 5.69 Å². The summed E-state index contributed by atoms with van der Waals surface area (Å²) >= 11 is 0. The summed E-state index contributed by atoms with van der Waals surface area (Å²) in [5.41, 5.74) is 11.2. The van der Waals surface area contributed by atoms with Crippen LogP contribution in [0.1, 0.15) is 21.5 Å². The molecule has 0 spiro atoms. The molecule has 1 aromatic heterocycles. The van der Waals surface area contributed by atoms with Crippen molar-refractivity contribution >= 4 is 11.6 Å². The van der Waals surface area contributed by atoms with Crippen molar-refractivity contribution in [1.82, 2.24) is 14.7 Å². The number of fused-ring (bicyclic) bond motifs is 1. The summed E-state index contributed by atoms with van der Waals surface area (Å²) in [7, 11) is 3.46. The van der Waals surface area contributed by atoms with Crippen molar-refractivity contribution in [2.24, 2.45) is 7.05 Å². The molecule has 1 aliphatic rings. The van der Waals surface area contributed by atoms with Crippen LogP contribution in [0.2, 0.25) is 0 Å². The average Bonchev–Trinajstić information content (AvgIpc) is 3.39. The Morgan fingerprint density at radius 1 is 1.00 bits per heavy atom. The number of rotatable bonds is 6. The number of anilines is 1. The van der Waals surface area contributed by atoms with Crippen LogP contribution in [0.5, 0.6) is 17.2 Å². The van der Waals surface area contributed by atoms with Gasteiger partial charge in [0.15, 0.2) is 11.5 Å². The lowest BCUT2D eigenvalue weighted by molar-refractivity contribution is 0.0765. The van der Waals surface area contributed by atoms with E-state index in [0.29, 0.717) is 41.6 Å². The number of carbonyl (C=O) groups is 1. The highest BCUT2D eigenvalue weighted by atomic mass is 16.5. The maximum Gasteiger partial charge on any atom is 0.258 e. The Labute approximate surface area is 192 Å². The zero-order chi connectivity index (χ0) is 22.9. The number of ether oxygens (including phenoxy) is 2. The zero-order valence-corrected chi connectivity index (χ0v) is 18.5. The first-order valence-electron chi connectivity index (χ1n) is 10.6. The minimum absolute atomic E-state index is 0.0497. The van der Waals surface area contributed by atoms with E-state index in [9.17, 15) is 4.79 Å². The van der Waals surface area contributed by atoms with E-state index in [1.54, 1.807) is 36.1 Å². The van der Waals surface area contributed by atoms with Crippen molar-refractivity contribution in [2.75, 3.05) is 12.8 Å². The van der Waals surface area contributed by atoms with E-state index in [1.165, 1.54) is 0 Å². The minimum atomic E-state index is -0.0497. The number of hydrogen-bond acceptors (Lipinski definition) is 5. The van der Waals surface area contributed by atoms with Crippen LogP contribution < -0.4 is 15.2 Å². The van der Waals surface area contributed by atoms with Gasteiger partial charge in [0.25, 0.3) is 5.91 Å². The van der Waals surface area contributed by atoms with Gasteiger partial charge >= 0.3 is 0 Å². The van der Waals surface area contributed by atoms with Gasteiger partial charge in [-0.25, -0.2) is 0 Å². The van der Waals surface area contributed by atoms with E-state index in [0.717, 1.165) is 22.3 Å². The molecule has 0 bridgehead atoms. The quantitative estimate of drug-likeness (QED) is 0.442. The van der Waals surface area contributed by atoms with Crippen molar-refractivity contribution in [3.8, 4) is 28.4 Å². The molecule has 4 aromatic rings. The third-order valence-electron chi connectivity index (χ3n) is 5.75. The molecule has 1 amide bonds. The van der Waals surface area contributed by atoms with E-state index >= 15 is 0 Å². The summed E-state index contributed by atoms with van der Waals surface area (Å²) < 4.78 is 13.3. The number of methoxy groups -OCH3 is 1. The molecule has 0 saturated heterocycles. The SMILES string of the molecule is COc1cc(N)ccc1Oc1cccc2c1C(=O)N(Cc1ccc(-c3cnn(C)c3)cc1)C2. The van der Waals surface area contributed by atoms with Gasteiger partial charge in [0.05, 0.1) is 18.9 Å². The van der Waals surface area contributed by atoms with Gasteiger partial charge in [-0.2, -0.15) is 5.10 Å². The predicted octanol–water partition coefficient (Wildman–Crippen LogP) is 4.63. The van der Waals surface area contributed by atoms with Gasteiger partial charge in [0.2, 0.25) is 0 Å². The molecule has 2 N–H and O–H groups in total. The molecule has 2 heterocycles. The van der Waals surface area contributed by atoms with Gasteiger partial charge in [-0.15, -0.1) is 0 Å². The van der Waals surface area contributed by atoms with Crippen LogP contribution in [0, 0.1) is 0 Å². The summed E-state index contributed by atoms with van der Waals surface area (Å²) in [5, 5.41) is 4.22. The van der Waals surface area contributed by atoms with Gasteiger partial charge in [-0.3, -0.25) is 9.48 Å². The monoisotopic (exact) mass is 440 g/mol. The molecule has 7 heteroatoms. The Morgan fingerprint density at radius 3 is 2.55 bits per heavy atom. The third-order valence-corrected chi connectivity index (χ3v) is 5.75. The Kier molecular flexibility index (Phi) is 5.22. The lowest BCUT2D eigenvalue weighted by Crippen LogP contribution is -2.23. The van der Waals surface area contributed by atoms with Crippen LogP contribution in [-0.4, -0.2) is 27.7 Å². The summed E-state index contributed by atoms with van der Waals surface area (Å²) in [6.45, 7) is 1.06. The van der Waals surface area contributed by atoms with Crippen LogP contribution in [0.15, 0.2) is 73.1 Å². The van der Waals surface area contributed by atoms with Crippen molar-refractivity contribution in [2.45, 2.75) is 13.1 Å². The molecular formula is C26H24N4O3. The number of aromatic nitrogens is 2. The number of aryl methyl sites for hydroxylation is 1. The summed E-state index contributed by atoms with van der Waals surface area (Å²) in [6, 6.07) is 19.1. The lowest BCUT2D eigenvalue weighted by atomic mass is 10.1. The van der Waals surface area contributed by atoms with Crippen molar-refractivity contribution < 1.29 is 14.3 Å². The van der Waals surface area contributed by atoms with Crippen LogP contribution in [-0.2, 0) is 20.1 Å². The first-order chi connectivity index (χ1) is 16.0. The number of nitrogens with zero attached hydrogens (tertiary/aromatic N) is 3. The van der Waals surface area contributed by atoms with E-state index in [1.807, 2.05) is 36.5 Å². The molecule has 5 rings (SSSR count). The molecule has 7 nitrogen and oxygen atoms in total. The zero-order valence-electron chi connectivity index (χ0n) is 18.5. The van der Waals surface area contributed by atoms with Crippen molar-refractivity contribution in [3.05, 3.63) is 89.7 Å². The van der Waals surface area contributed by atoms with Gasteiger partial charge in [-0.1, -0.05) is 36.4 Å². The maximum absolute atomic E-state index is 13.3. The number of nitrogens with two attached hydrogens (primary N) is 1. The maximum atomic E-state index is 13.3. The fourth-order valence-corrected chi connectivity index (χ4v) is 4.08. The summed E-state index contributed by atoms with van der Waals surface area (Å²) in [6.07, 6.45) is 3.82. The van der Waals surface area contributed by atoms with Gasteiger partial charge in [0, 0.05) is 43.7 Å². The number of amides is 1. The molecular weight excluding hydrogens is 416 g/mol. The smallest absolute Gasteiger partial charge is 0.258 e. The van der Waals surface area contributed by atoms with Crippen LogP contribution in [0.25, 0.3) is 11.1 Å². The van der Waals surface area contributed by atoms with Crippen LogP contribution in [0.3, 0.4) is 0 Å². The molecule has 33 heavy (non-hydrogen) atoms. The first-order valence-corrected chi connectivity index (χ1v) is 10.6. The molecule has 166 valence electrons. The van der Waals surface area contributed by atoms with E-state index < -0.39 is 0 Å². The highest BCUT2D eigenvalue weighted by molar-refractivity contribution is 6.01. The fourth-order valence-electron chi connectivity index (χ4n) is 4.08. The van der Waals surface area contributed by atoms with Crippen LogP contribution >= 0.6 is 0 Å². The molecule has 0 atom stereocenters. The predicted molar refractivity (Wildman–Crippen MR) is 126 cm³/mol. The number of benzene rings is 3. The highest BCUT2D eigenvalue weighted by Crippen LogP contribution is 2.38. The first kappa shape index (κ1) is 20.6. The van der Waals surface area contributed by atoms with E-state index in [-0.39, 0.29) is 5.91 Å². The van der Waals surface area contributed by atoms with Gasteiger partial charge in [0.1, 0.15) is 5.75 Å². The fraction of sp³-hybridized carbons (Fsp3) is 0.154. The Morgan fingerprint density at radius 2 is 1.82 bits per heavy atom. The second-order valence-corrected chi connectivity index (χ2v) is 8.06. The Balaban J connectivity index is 1.35. The van der Waals surface area contributed by atoms with E-state index in [2.05, 4.69) is 29.4 Å². The Bertz CT molecular complexity index is 1330. The second kappa shape index (κ2) is 8.35. The molecule has 0 aliphatic carbocycles.